The van der Waals surface area contributed by atoms with Crippen molar-refractivity contribution in [2.75, 3.05) is 6.61 Å². The van der Waals surface area contributed by atoms with Crippen molar-refractivity contribution in [3.63, 3.8) is 0 Å². The van der Waals surface area contributed by atoms with Crippen LogP contribution in [0.1, 0.15) is 19.8 Å². The van der Waals surface area contributed by atoms with Crippen LogP contribution in [0, 0.1) is 17.3 Å². The SMILES string of the molecule is C[C@@]1(CO)C[C@@H]2C=C[C@H]1C2. The van der Waals surface area contributed by atoms with Crippen LogP contribution in [0.4, 0.5) is 0 Å². The van der Waals surface area contributed by atoms with Gasteiger partial charge in [0, 0.05) is 6.61 Å². The van der Waals surface area contributed by atoms with Crippen LogP contribution in [-0.4, -0.2) is 11.7 Å². The summed E-state index contributed by atoms with van der Waals surface area (Å²) in [6.45, 7) is 2.56. The summed E-state index contributed by atoms with van der Waals surface area (Å²) in [6.07, 6.45) is 7.08. The third kappa shape index (κ3) is 0.671. The van der Waals surface area contributed by atoms with E-state index in [0.717, 1.165) is 5.92 Å². The highest BCUT2D eigenvalue weighted by Crippen LogP contribution is 2.51. The second kappa shape index (κ2) is 1.85. The molecule has 56 valence electrons. The van der Waals surface area contributed by atoms with Crippen molar-refractivity contribution < 1.29 is 5.11 Å². The number of allylic oxidation sites excluding steroid dienone is 2. The lowest BCUT2D eigenvalue weighted by molar-refractivity contribution is 0.116. The molecule has 0 aromatic carbocycles. The summed E-state index contributed by atoms with van der Waals surface area (Å²) in [7, 11) is 0. The number of rotatable bonds is 1. The van der Waals surface area contributed by atoms with E-state index >= 15 is 0 Å². The minimum Gasteiger partial charge on any atom is -0.396 e. The zero-order valence-corrected chi connectivity index (χ0v) is 6.38. The van der Waals surface area contributed by atoms with E-state index < -0.39 is 0 Å². The largest absolute Gasteiger partial charge is 0.396 e. The Hall–Kier alpha value is -0.300. The Balaban J connectivity index is 2.22. The van der Waals surface area contributed by atoms with Gasteiger partial charge in [0.1, 0.15) is 0 Å². The Bertz CT molecular complexity index is 174. The van der Waals surface area contributed by atoms with Crippen LogP contribution in [0.2, 0.25) is 0 Å². The van der Waals surface area contributed by atoms with Crippen LogP contribution < -0.4 is 0 Å². The van der Waals surface area contributed by atoms with E-state index in [-0.39, 0.29) is 5.41 Å². The third-order valence-corrected chi connectivity index (χ3v) is 3.16. The highest BCUT2D eigenvalue weighted by atomic mass is 16.3. The van der Waals surface area contributed by atoms with E-state index in [1.165, 1.54) is 12.8 Å². The van der Waals surface area contributed by atoms with E-state index in [0.29, 0.717) is 12.5 Å². The summed E-state index contributed by atoms with van der Waals surface area (Å²) in [5.41, 5.74) is 0.222. The van der Waals surface area contributed by atoms with Gasteiger partial charge in [-0.15, -0.1) is 0 Å². The van der Waals surface area contributed by atoms with Crippen LogP contribution >= 0.6 is 0 Å². The minimum atomic E-state index is 0.222. The Morgan fingerprint density at radius 1 is 1.60 bits per heavy atom. The van der Waals surface area contributed by atoms with Crippen LogP contribution in [0.5, 0.6) is 0 Å². The Morgan fingerprint density at radius 2 is 2.40 bits per heavy atom. The average molecular weight is 138 g/mol. The van der Waals surface area contributed by atoms with Crippen molar-refractivity contribution in [1.82, 2.24) is 0 Å². The average Bonchev–Trinajstić information content (AvgIpc) is 2.46. The first-order valence-electron chi connectivity index (χ1n) is 4.04. The van der Waals surface area contributed by atoms with Gasteiger partial charge in [-0.3, -0.25) is 0 Å². The Morgan fingerprint density at radius 3 is 2.70 bits per heavy atom. The van der Waals surface area contributed by atoms with E-state index in [2.05, 4.69) is 19.1 Å². The van der Waals surface area contributed by atoms with Gasteiger partial charge < -0.3 is 5.11 Å². The maximum absolute atomic E-state index is 9.11. The minimum absolute atomic E-state index is 0.222. The van der Waals surface area contributed by atoms with E-state index in [9.17, 15) is 0 Å². The van der Waals surface area contributed by atoms with Crippen molar-refractivity contribution in [1.29, 1.82) is 0 Å². The molecule has 1 heteroatoms. The first-order chi connectivity index (χ1) is 4.74. The molecule has 1 nitrogen and oxygen atoms in total. The summed E-state index contributed by atoms with van der Waals surface area (Å²) in [5, 5.41) is 9.11. The van der Waals surface area contributed by atoms with E-state index in [4.69, 9.17) is 5.11 Å². The lowest BCUT2D eigenvalue weighted by Gasteiger charge is -2.28. The number of hydrogen-bond donors (Lipinski definition) is 1. The summed E-state index contributed by atoms with van der Waals surface area (Å²) < 4.78 is 0. The molecule has 0 unspecified atom stereocenters. The van der Waals surface area contributed by atoms with Gasteiger partial charge in [-0.05, 0) is 30.1 Å². The highest BCUT2D eigenvalue weighted by molar-refractivity contribution is 5.14. The molecule has 0 radical (unpaired) electrons. The fourth-order valence-electron chi connectivity index (χ4n) is 2.37. The molecule has 2 aliphatic carbocycles. The summed E-state index contributed by atoms with van der Waals surface area (Å²) in [4.78, 5) is 0. The summed E-state index contributed by atoms with van der Waals surface area (Å²) in [5.74, 6) is 1.45. The van der Waals surface area contributed by atoms with E-state index in [1.54, 1.807) is 0 Å². The predicted octanol–water partition coefficient (Wildman–Crippen LogP) is 1.58. The first kappa shape index (κ1) is 6.41. The van der Waals surface area contributed by atoms with Gasteiger partial charge in [0.05, 0.1) is 0 Å². The molecule has 0 aromatic heterocycles. The quantitative estimate of drug-likeness (QED) is 0.545. The van der Waals surface area contributed by atoms with Gasteiger partial charge in [0.25, 0.3) is 0 Å². The van der Waals surface area contributed by atoms with Crippen molar-refractivity contribution in [3.05, 3.63) is 12.2 Å². The highest BCUT2D eigenvalue weighted by Gasteiger charge is 2.44. The normalized spacial score (nSPS) is 50.6. The zero-order valence-electron chi connectivity index (χ0n) is 6.38. The first-order valence-corrected chi connectivity index (χ1v) is 4.04. The second-order valence-corrected chi connectivity index (χ2v) is 4.00. The standard InChI is InChI=1S/C9H14O/c1-9(6-10)5-7-2-3-8(9)4-7/h2-3,7-8,10H,4-6H2,1H3/t7-,8+,9+/m1/s1. The number of aliphatic hydroxyl groups excluding tert-OH is 1. The predicted molar refractivity (Wildman–Crippen MR) is 40.5 cm³/mol. The van der Waals surface area contributed by atoms with Gasteiger partial charge in [0.2, 0.25) is 0 Å². The smallest absolute Gasteiger partial charge is 0.0490 e. The fraction of sp³-hybridized carbons (Fsp3) is 0.778. The van der Waals surface area contributed by atoms with Gasteiger partial charge in [0.15, 0.2) is 0 Å². The number of hydrogen-bond acceptors (Lipinski definition) is 1. The molecule has 1 saturated carbocycles. The van der Waals surface area contributed by atoms with Crippen molar-refractivity contribution >= 4 is 0 Å². The van der Waals surface area contributed by atoms with Crippen molar-refractivity contribution in [2.24, 2.45) is 17.3 Å². The maximum atomic E-state index is 9.11. The molecule has 10 heavy (non-hydrogen) atoms. The van der Waals surface area contributed by atoms with Crippen LogP contribution in [0.3, 0.4) is 0 Å². The maximum Gasteiger partial charge on any atom is 0.0490 e. The van der Waals surface area contributed by atoms with Crippen LogP contribution in [0.15, 0.2) is 12.2 Å². The van der Waals surface area contributed by atoms with Crippen LogP contribution in [0.25, 0.3) is 0 Å². The van der Waals surface area contributed by atoms with E-state index in [1.807, 2.05) is 0 Å². The molecule has 0 aliphatic heterocycles. The number of aliphatic hydroxyl groups is 1. The van der Waals surface area contributed by atoms with Crippen molar-refractivity contribution in [2.45, 2.75) is 19.8 Å². The van der Waals surface area contributed by atoms with Crippen molar-refractivity contribution in [3.8, 4) is 0 Å². The molecule has 2 bridgehead atoms. The van der Waals surface area contributed by atoms with Gasteiger partial charge in [-0.25, -0.2) is 0 Å². The van der Waals surface area contributed by atoms with Gasteiger partial charge in [-0.1, -0.05) is 19.1 Å². The molecule has 0 spiro atoms. The number of fused-ring (bicyclic) bond motifs is 2. The summed E-state index contributed by atoms with van der Waals surface area (Å²) in [6, 6.07) is 0. The molecule has 1 fully saturated rings. The second-order valence-electron chi connectivity index (χ2n) is 4.00. The molecule has 0 saturated heterocycles. The third-order valence-electron chi connectivity index (χ3n) is 3.16. The molecule has 2 rings (SSSR count). The monoisotopic (exact) mass is 138 g/mol. The molecule has 0 amide bonds. The lowest BCUT2D eigenvalue weighted by Crippen LogP contribution is -2.25. The van der Waals surface area contributed by atoms with Gasteiger partial charge >= 0.3 is 0 Å². The molecule has 2 aliphatic rings. The molecule has 1 N–H and O–H groups in total. The topological polar surface area (TPSA) is 20.2 Å². The molecular weight excluding hydrogens is 124 g/mol. The zero-order chi connectivity index (χ0) is 7.19. The Kier molecular flexibility index (Phi) is 1.19. The van der Waals surface area contributed by atoms with Gasteiger partial charge in [-0.2, -0.15) is 0 Å². The lowest BCUT2D eigenvalue weighted by atomic mass is 9.78. The fourth-order valence-corrected chi connectivity index (χ4v) is 2.37. The molecular formula is C9H14O. The molecule has 0 aromatic rings. The molecule has 0 heterocycles. The molecule has 3 atom stereocenters. The summed E-state index contributed by atoms with van der Waals surface area (Å²) >= 11 is 0. The van der Waals surface area contributed by atoms with Crippen LogP contribution in [-0.2, 0) is 0 Å². The Labute approximate surface area is 61.8 Å².